The molecule has 51 heavy (non-hydrogen) atoms. The molecule has 0 saturated carbocycles. The van der Waals surface area contributed by atoms with Gasteiger partial charge in [0.25, 0.3) is 0 Å². The Morgan fingerprint density at radius 2 is 0.902 bits per heavy atom. The van der Waals surface area contributed by atoms with Gasteiger partial charge in [-0.25, -0.2) is 9.97 Å². The highest BCUT2D eigenvalue weighted by molar-refractivity contribution is 6.12. The third-order valence-electron chi connectivity index (χ3n) is 10.7. The molecule has 0 radical (unpaired) electrons. The van der Waals surface area contributed by atoms with Gasteiger partial charge in [0.05, 0.1) is 33.5 Å². The number of nitrogens with zero attached hydrogens (tertiary/aromatic N) is 4. The molecule has 0 spiro atoms. The molecule has 4 heteroatoms. The lowest BCUT2D eigenvalue weighted by Gasteiger charge is -2.11. The van der Waals surface area contributed by atoms with Crippen molar-refractivity contribution >= 4 is 43.6 Å². The van der Waals surface area contributed by atoms with E-state index in [9.17, 15) is 0 Å². The summed E-state index contributed by atoms with van der Waals surface area (Å²) in [6.07, 6.45) is 2.56. The van der Waals surface area contributed by atoms with Crippen LogP contribution in [-0.2, 0) is 6.42 Å². The van der Waals surface area contributed by atoms with Crippen molar-refractivity contribution in [2.75, 3.05) is 0 Å². The topological polar surface area (TPSA) is 35.6 Å². The minimum atomic E-state index is 0.862. The van der Waals surface area contributed by atoms with E-state index in [1.165, 1.54) is 77.1 Å². The van der Waals surface area contributed by atoms with Crippen molar-refractivity contribution in [1.29, 1.82) is 0 Å². The van der Waals surface area contributed by atoms with Gasteiger partial charge in [0.15, 0.2) is 0 Å². The minimum absolute atomic E-state index is 0.862. The first-order valence-corrected chi connectivity index (χ1v) is 17.5. The molecule has 0 fully saturated rings. The highest BCUT2D eigenvalue weighted by atomic mass is 15.0. The fraction of sp³-hybridized carbons (Fsp3) is 0.0213. The van der Waals surface area contributed by atoms with Crippen molar-refractivity contribution in [3.05, 3.63) is 181 Å². The van der Waals surface area contributed by atoms with E-state index in [2.05, 4.69) is 178 Å². The van der Waals surface area contributed by atoms with Gasteiger partial charge in [0, 0.05) is 56.0 Å². The standard InChI is InChI=1S/C47H30N4/c1-2-11-34(12-3-1)50-42-16-8-6-14-37(42)39-26-31(20-24-44(39)50)32-21-25-45-40(27-32)38-15-7-9-17-43(38)51(45)35-22-18-30(19-23-35)46-41-28-33-10-4-5-13-36(33)47(41)49-29-48-46/h1-27,29H,28H2. The van der Waals surface area contributed by atoms with Crippen LogP contribution in [0.2, 0.25) is 0 Å². The summed E-state index contributed by atoms with van der Waals surface area (Å²) in [4.78, 5) is 9.44. The zero-order valence-corrected chi connectivity index (χ0v) is 27.7. The van der Waals surface area contributed by atoms with Gasteiger partial charge in [-0.1, -0.05) is 103 Å². The van der Waals surface area contributed by atoms with Crippen molar-refractivity contribution < 1.29 is 0 Å². The molecule has 1 aliphatic carbocycles. The van der Waals surface area contributed by atoms with Gasteiger partial charge in [0.1, 0.15) is 6.33 Å². The van der Waals surface area contributed by atoms with E-state index in [1.54, 1.807) is 6.33 Å². The van der Waals surface area contributed by atoms with Crippen LogP contribution in [0.1, 0.15) is 11.1 Å². The number of hydrogen-bond acceptors (Lipinski definition) is 2. The zero-order chi connectivity index (χ0) is 33.5. The van der Waals surface area contributed by atoms with Gasteiger partial charge in [-0.15, -0.1) is 0 Å². The summed E-state index contributed by atoms with van der Waals surface area (Å²) in [6, 6.07) is 59.3. The quantitative estimate of drug-likeness (QED) is 0.190. The van der Waals surface area contributed by atoms with E-state index in [0.29, 0.717) is 0 Å². The lowest BCUT2D eigenvalue weighted by atomic mass is 10.0. The summed E-state index contributed by atoms with van der Waals surface area (Å²) in [5.41, 5.74) is 16.4. The van der Waals surface area contributed by atoms with Gasteiger partial charge >= 0.3 is 0 Å². The Morgan fingerprint density at radius 3 is 1.57 bits per heavy atom. The summed E-state index contributed by atoms with van der Waals surface area (Å²) < 4.78 is 4.75. The third-order valence-corrected chi connectivity index (χ3v) is 10.7. The zero-order valence-electron chi connectivity index (χ0n) is 27.7. The van der Waals surface area contributed by atoms with Crippen LogP contribution in [0.4, 0.5) is 0 Å². The van der Waals surface area contributed by atoms with Crippen molar-refractivity contribution in [1.82, 2.24) is 19.1 Å². The molecule has 1 aliphatic rings. The molecule has 4 nitrogen and oxygen atoms in total. The Kier molecular flexibility index (Phi) is 5.98. The maximum absolute atomic E-state index is 4.77. The van der Waals surface area contributed by atoms with Crippen LogP contribution in [0.15, 0.2) is 170 Å². The van der Waals surface area contributed by atoms with Gasteiger partial charge in [0.2, 0.25) is 0 Å². The molecule has 0 N–H and O–H groups in total. The van der Waals surface area contributed by atoms with Crippen LogP contribution in [0, 0.1) is 0 Å². The molecular weight excluding hydrogens is 621 g/mol. The van der Waals surface area contributed by atoms with Crippen molar-refractivity contribution in [2.24, 2.45) is 0 Å². The lowest BCUT2D eigenvalue weighted by molar-refractivity contribution is 1.12. The van der Waals surface area contributed by atoms with E-state index in [1.807, 2.05) is 0 Å². The van der Waals surface area contributed by atoms with E-state index in [-0.39, 0.29) is 0 Å². The van der Waals surface area contributed by atoms with E-state index in [4.69, 9.17) is 4.98 Å². The van der Waals surface area contributed by atoms with E-state index < -0.39 is 0 Å². The number of para-hydroxylation sites is 3. The molecule has 0 amide bonds. The molecule has 7 aromatic carbocycles. The van der Waals surface area contributed by atoms with Gasteiger partial charge in [-0.2, -0.15) is 0 Å². The second-order valence-electron chi connectivity index (χ2n) is 13.4. The van der Waals surface area contributed by atoms with Crippen LogP contribution < -0.4 is 0 Å². The number of rotatable bonds is 4. The maximum Gasteiger partial charge on any atom is 0.116 e. The van der Waals surface area contributed by atoms with E-state index in [0.717, 1.165) is 29.1 Å². The number of hydrogen-bond donors (Lipinski definition) is 0. The molecule has 238 valence electrons. The van der Waals surface area contributed by atoms with Crippen LogP contribution in [0.5, 0.6) is 0 Å². The highest BCUT2D eigenvalue weighted by Gasteiger charge is 2.24. The number of benzene rings is 7. The normalized spacial score (nSPS) is 12.2. The molecule has 0 bridgehead atoms. The smallest absolute Gasteiger partial charge is 0.116 e. The average molecular weight is 651 g/mol. The largest absolute Gasteiger partial charge is 0.309 e. The molecule has 10 aromatic rings. The predicted octanol–water partition coefficient (Wildman–Crippen LogP) is 11.6. The second kappa shape index (κ2) is 10.9. The second-order valence-corrected chi connectivity index (χ2v) is 13.4. The van der Waals surface area contributed by atoms with Crippen LogP contribution in [0.25, 0.3) is 88.6 Å². The van der Waals surface area contributed by atoms with E-state index >= 15 is 0 Å². The van der Waals surface area contributed by atoms with Crippen molar-refractivity contribution in [3.63, 3.8) is 0 Å². The van der Waals surface area contributed by atoms with Gasteiger partial charge in [-0.05, 0) is 77.4 Å². The summed E-state index contributed by atoms with van der Waals surface area (Å²) in [6.45, 7) is 0. The van der Waals surface area contributed by atoms with Gasteiger partial charge in [-0.3, -0.25) is 0 Å². The first-order chi connectivity index (χ1) is 25.3. The lowest BCUT2D eigenvalue weighted by Crippen LogP contribution is -1.96. The molecule has 0 saturated heterocycles. The Balaban J connectivity index is 1.02. The monoisotopic (exact) mass is 650 g/mol. The van der Waals surface area contributed by atoms with Crippen LogP contribution in [-0.4, -0.2) is 19.1 Å². The maximum atomic E-state index is 4.77. The number of aromatic nitrogens is 4. The van der Waals surface area contributed by atoms with Crippen molar-refractivity contribution in [2.45, 2.75) is 6.42 Å². The molecule has 3 aromatic heterocycles. The summed E-state index contributed by atoms with van der Waals surface area (Å²) in [5, 5.41) is 5.00. The predicted molar refractivity (Wildman–Crippen MR) is 210 cm³/mol. The summed E-state index contributed by atoms with van der Waals surface area (Å²) in [7, 11) is 0. The molecular formula is C47H30N4. The third kappa shape index (κ3) is 4.20. The van der Waals surface area contributed by atoms with Crippen LogP contribution >= 0.6 is 0 Å². The molecule has 0 unspecified atom stereocenters. The molecule has 0 atom stereocenters. The average Bonchev–Trinajstić information content (AvgIpc) is 3.86. The summed E-state index contributed by atoms with van der Waals surface area (Å²) >= 11 is 0. The molecule has 11 rings (SSSR count). The Bertz CT molecular complexity index is 2980. The highest BCUT2D eigenvalue weighted by Crippen LogP contribution is 2.41. The van der Waals surface area contributed by atoms with Gasteiger partial charge < -0.3 is 9.13 Å². The van der Waals surface area contributed by atoms with Crippen molar-refractivity contribution in [3.8, 4) is 45.0 Å². The molecule has 0 aliphatic heterocycles. The Hall–Kier alpha value is -6.78. The summed E-state index contributed by atoms with van der Waals surface area (Å²) in [5.74, 6) is 0. The molecule has 3 heterocycles. The van der Waals surface area contributed by atoms with Crippen LogP contribution in [0.3, 0.4) is 0 Å². The number of fused-ring (bicyclic) bond motifs is 9. The SMILES string of the molecule is c1ccc(-n2c3ccccc3c3cc(-c4ccc5c(c4)c4ccccc4n5-c4ccc(-c5ncnc6c5Cc5ccccc5-6)cc4)ccc32)cc1. The Labute approximate surface area is 294 Å². The first-order valence-electron chi connectivity index (χ1n) is 17.5. The minimum Gasteiger partial charge on any atom is -0.309 e. The first kappa shape index (κ1) is 28.1. The Morgan fingerprint density at radius 1 is 0.392 bits per heavy atom. The fourth-order valence-corrected chi connectivity index (χ4v) is 8.36. The fourth-order valence-electron chi connectivity index (χ4n) is 8.36.